The number of imide groups is 1. The minimum Gasteiger partial charge on any atom is -0.445 e. The Balaban J connectivity index is 0.000000259. The van der Waals surface area contributed by atoms with Crippen molar-refractivity contribution in [3.8, 4) is 0 Å². The summed E-state index contributed by atoms with van der Waals surface area (Å²) in [5.74, 6) is -3.00. The zero-order valence-electron chi connectivity index (χ0n) is 74.6. The fourth-order valence-corrected chi connectivity index (χ4v) is 14.4. The molecule has 0 unspecified atom stereocenters. The van der Waals surface area contributed by atoms with Crippen molar-refractivity contribution >= 4 is 138 Å². The Hall–Kier alpha value is -15.3. The molecule has 0 saturated carbocycles. The number of Topliss-reactive ketones (excluding diaryl/α,β-unsaturated/α-hetero) is 2. The molecule has 1 aliphatic rings. The van der Waals surface area contributed by atoms with Gasteiger partial charge in [0.25, 0.3) is 11.8 Å². The normalized spacial score (nSPS) is 12.5. The van der Waals surface area contributed by atoms with Gasteiger partial charge in [-0.3, -0.25) is 33.6 Å². The number of ether oxygens (including phenoxy) is 2. The van der Waals surface area contributed by atoms with Crippen LogP contribution >= 0.6 is 0 Å². The number of anilines is 4. The van der Waals surface area contributed by atoms with Crippen molar-refractivity contribution in [2.24, 2.45) is 51.1 Å². The van der Waals surface area contributed by atoms with Crippen LogP contribution in [0.2, 0.25) is 0 Å². The molecule has 40 heteroatoms. The largest absolute Gasteiger partial charge is 0.445 e. The molecular weight excluding hydrogens is 1700 g/mol. The van der Waals surface area contributed by atoms with Gasteiger partial charge >= 0.3 is 30.2 Å². The number of carbonyl (C=O) groups is 12. The lowest BCUT2D eigenvalue weighted by atomic mass is 9.89. The second kappa shape index (κ2) is 50.4. The van der Waals surface area contributed by atoms with Crippen molar-refractivity contribution in [3.63, 3.8) is 0 Å². The lowest BCUT2D eigenvalue weighted by Crippen LogP contribution is -2.46. The molecule has 4 atom stereocenters. The molecule has 0 spiro atoms. The van der Waals surface area contributed by atoms with E-state index >= 15 is 0 Å². The maximum Gasteiger partial charge on any atom is 0.407 e. The number of primary amides is 2. The number of imidazole rings is 2. The van der Waals surface area contributed by atoms with Gasteiger partial charge in [-0.1, -0.05) is 174 Å². The molecule has 1 saturated heterocycles. The number of azide groups is 2. The van der Waals surface area contributed by atoms with Gasteiger partial charge in [-0.05, 0) is 131 Å². The fourth-order valence-electron chi connectivity index (χ4n) is 14.4. The molecule has 5 heterocycles. The average molecular weight is 1810 g/mol. The van der Waals surface area contributed by atoms with E-state index in [0.29, 0.717) is 71.5 Å². The number of para-hydroxylation sites is 2. The van der Waals surface area contributed by atoms with Crippen molar-refractivity contribution in [2.45, 2.75) is 183 Å². The fraction of sp³-hybridized carbons (Fsp3) is 0.391. The summed E-state index contributed by atoms with van der Waals surface area (Å²) in [7, 11) is 0. The van der Waals surface area contributed by atoms with Gasteiger partial charge in [0.15, 0.2) is 23.2 Å². The third kappa shape index (κ3) is 30.2. The number of pyridine rings is 2. The van der Waals surface area contributed by atoms with Crippen LogP contribution < -0.4 is 65.9 Å². The molecular formula is C92H113N25O15. The maximum atomic E-state index is 13.5. The van der Waals surface area contributed by atoms with Crippen molar-refractivity contribution < 1.29 is 71.8 Å². The Labute approximate surface area is 760 Å². The average Bonchev–Trinajstić information content (AvgIpc) is 1.60. The Kier molecular flexibility index (Phi) is 38.4. The maximum absolute atomic E-state index is 13.5. The van der Waals surface area contributed by atoms with E-state index in [0.717, 1.165) is 116 Å². The number of benzene rings is 6. The first kappa shape index (κ1) is 100. The first-order chi connectivity index (χ1) is 63.4. The quantitative estimate of drug-likeness (QED) is 0.00555. The van der Waals surface area contributed by atoms with E-state index in [-0.39, 0.29) is 101 Å². The number of alkyl carbamates (subject to hydrolysis) is 2. The SMILES string of the molecule is CCCCc1nc2c(N)nc3ccccc3c2n1Cc1ccc(CNC(=O)OCc2ccc(NC(=O)[C@H](CCCNC(N)=O)CC(=O)[C@@H](N)C(C)C)cc2)cc1.CCCCc1nc2c(N)nc3ccccc3c2n1Cc1ccc(CNC(=O)OCc2ccc(NC(=O)[C@H](CCCNC(N)=O)CC(=O)[C@@H](NC(=O)CN=[N+]=[N-])C(C)C)cc2)cc1.[N-]=[N+]=NCC(=O)ON1C(=O)CCC1=O. The number of aryl methyl sites for hydroxylation is 2. The van der Waals surface area contributed by atoms with E-state index in [1.807, 2.05) is 105 Å². The summed E-state index contributed by atoms with van der Waals surface area (Å²) in [5.41, 5.74) is 56.9. The molecule has 17 N–H and O–H groups in total. The molecule has 10 aromatic rings. The third-order valence-corrected chi connectivity index (χ3v) is 21.5. The number of hydroxylamine groups is 2. The predicted octanol–water partition coefficient (Wildman–Crippen LogP) is 12.2. The van der Waals surface area contributed by atoms with Crippen LogP contribution in [0.4, 0.5) is 42.2 Å². The molecule has 132 heavy (non-hydrogen) atoms. The molecule has 0 aliphatic carbocycles. The Morgan fingerprint density at radius 2 is 0.902 bits per heavy atom. The molecule has 1 aliphatic heterocycles. The van der Waals surface area contributed by atoms with Gasteiger partial charge in [-0.25, -0.2) is 43.9 Å². The van der Waals surface area contributed by atoms with Gasteiger partial charge in [0, 0.05) is 122 Å². The topological polar surface area (TPSA) is 609 Å². The molecule has 6 aromatic carbocycles. The number of rotatable bonds is 44. The summed E-state index contributed by atoms with van der Waals surface area (Å²) in [6.45, 7) is 12.8. The number of urea groups is 2. The highest BCUT2D eigenvalue weighted by Gasteiger charge is 2.34. The van der Waals surface area contributed by atoms with E-state index in [9.17, 15) is 57.5 Å². The number of nitrogens with one attached hydrogen (secondary N) is 7. The molecule has 4 aromatic heterocycles. The second-order valence-electron chi connectivity index (χ2n) is 32.2. The van der Waals surface area contributed by atoms with Crippen molar-refractivity contribution in [1.29, 1.82) is 0 Å². The highest BCUT2D eigenvalue weighted by Crippen LogP contribution is 2.33. The van der Waals surface area contributed by atoms with Crippen LogP contribution in [0, 0.1) is 23.7 Å². The van der Waals surface area contributed by atoms with Crippen molar-refractivity contribution in [2.75, 3.05) is 48.3 Å². The van der Waals surface area contributed by atoms with Crippen molar-refractivity contribution in [3.05, 3.63) is 212 Å². The number of fused-ring (bicyclic) bond motifs is 6. The van der Waals surface area contributed by atoms with Crippen molar-refractivity contribution in [1.82, 2.24) is 60.7 Å². The minimum absolute atomic E-state index is 0.0124. The highest BCUT2D eigenvalue weighted by atomic mass is 16.7. The van der Waals surface area contributed by atoms with Gasteiger partial charge in [0.05, 0.1) is 34.2 Å². The van der Waals surface area contributed by atoms with E-state index in [2.05, 4.69) is 101 Å². The summed E-state index contributed by atoms with van der Waals surface area (Å²) < 4.78 is 15.4. The lowest BCUT2D eigenvalue weighted by Gasteiger charge is -2.24. The van der Waals surface area contributed by atoms with E-state index < -0.39 is 90.9 Å². The van der Waals surface area contributed by atoms with Crippen LogP contribution in [-0.2, 0) is 105 Å². The zero-order chi connectivity index (χ0) is 95.3. The van der Waals surface area contributed by atoms with E-state index in [4.69, 9.17) is 59.2 Å². The number of unbranched alkanes of at least 4 members (excludes halogenated alkanes) is 2. The van der Waals surface area contributed by atoms with E-state index in [1.54, 1.807) is 62.4 Å². The molecule has 11 rings (SSSR count). The number of aromatic nitrogens is 6. The smallest absolute Gasteiger partial charge is 0.407 e. The van der Waals surface area contributed by atoms with Crippen LogP contribution in [0.25, 0.3) is 64.8 Å². The first-order valence-electron chi connectivity index (χ1n) is 43.5. The number of amides is 11. The van der Waals surface area contributed by atoms with Gasteiger partial charge in [-0.15, -0.1) is 5.06 Å². The van der Waals surface area contributed by atoms with Gasteiger partial charge < -0.3 is 89.3 Å². The lowest BCUT2D eigenvalue weighted by molar-refractivity contribution is -0.196. The van der Waals surface area contributed by atoms with Crippen LogP contribution in [0.15, 0.2) is 156 Å². The van der Waals surface area contributed by atoms with Crippen LogP contribution in [-0.4, -0.2) is 144 Å². The predicted molar refractivity (Wildman–Crippen MR) is 496 cm³/mol. The molecule has 11 amide bonds. The summed E-state index contributed by atoms with van der Waals surface area (Å²) in [6.07, 6.45) is 5.91. The van der Waals surface area contributed by atoms with Gasteiger partial charge in [-0.2, -0.15) is 0 Å². The summed E-state index contributed by atoms with van der Waals surface area (Å²) >= 11 is 0. The Bertz CT molecular complexity index is 5820. The number of hydrogen-bond acceptors (Lipinski definition) is 24. The second-order valence-corrected chi connectivity index (χ2v) is 32.2. The van der Waals surface area contributed by atoms with Crippen LogP contribution in [0.1, 0.15) is 164 Å². The number of nitrogen functional groups attached to an aromatic ring is 2. The first-order valence-corrected chi connectivity index (χ1v) is 43.5. The van der Waals surface area contributed by atoms with E-state index in [1.165, 1.54) is 0 Å². The Morgan fingerprint density at radius 1 is 0.500 bits per heavy atom. The zero-order valence-corrected chi connectivity index (χ0v) is 74.6. The number of carbonyl (C=O) groups excluding carboxylic acids is 12. The standard InChI is InChI=1S/C44H54N12O6.C42H53N9O5.C6H6N4O4/c1-4-5-12-36-53-39-40(33-10-6-7-11-34(33)52-41(39)45)56(36)25-29-15-13-28(14-16-29)23-49-44(61)62-26-30-17-19-32(20-18-30)51-42(59)31(9-8-21-48-43(46)60)22-35(57)38(27(2)3)54-37(58)24-50-55-47;1-4-5-12-35-50-37-38(32-10-6-7-11-33(32)49-39(37)44)51(35)24-28-15-13-27(14-16-28)23-47-42(55)56-25-29-17-19-31(20-18-29)48-40(53)30(9-8-21-46-41(45)54)22-34(52)36(43)26(2)3;7-9-8-3-6(13)14-10-4(11)1-2-5(10)12/h6-7,10-11,13-20,27,31,38H,4-5,8-9,12,21-26H2,1-3H3,(H2,45,52)(H,49,61)(H,51,59)(H,54,58)(H3,46,48,60);6-7,10-11,13-20,26,30,36H,4-5,8-9,12,21-25,43H2,1-3H3,(H2,44,49)(H,47,55)(H,48,53)(H3,45,46,54);1-3H2/t31-,38+;30-,36+;/m11./s1. The molecule has 0 bridgehead atoms. The summed E-state index contributed by atoms with van der Waals surface area (Å²) in [5, 5.41) is 27.4. The number of nitrogens with two attached hydrogens (primary N) is 5. The summed E-state index contributed by atoms with van der Waals surface area (Å²) in [4.78, 5) is 173. The molecule has 1 fully saturated rings. The number of hydrogen-bond donors (Lipinski definition) is 12. The van der Waals surface area contributed by atoms with Crippen LogP contribution in [0.3, 0.4) is 0 Å². The molecule has 40 nitrogen and oxygen atoms in total. The minimum atomic E-state index is -0.939. The van der Waals surface area contributed by atoms with Crippen LogP contribution in [0.5, 0.6) is 0 Å². The highest BCUT2D eigenvalue weighted by molar-refractivity contribution is 6.08. The molecule has 0 radical (unpaired) electrons. The Morgan fingerprint density at radius 3 is 1.30 bits per heavy atom. The summed E-state index contributed by atoms with van der Waals surface area (Å²) in [6, 6.07) is 42.7. The van der Waals surface area contributed by atoms with Gasteiger partial charge in [0.2, 0.25) is 17.7 Å². The number of nitrogens with zero attached hydrogens (tertiary/aromatic N) is 13. The monoisotopic (exact) mass is 1810 g/mol. The molecule has 696 valence electrons. The van der Waals surface area contributed by atoms with Gasteiger partial charge in [0.1, 0.15) is 49.0 Å². The number of ketones is 2. The third-order valence-electron chi connectivity index (χ3n) is 21.5.